The molecule has 0 radical (unpaired) electrons. The number of likely N-dealkylation sites (tertiary alicyclic amines) is 1. The number of aliphatic hydroxyl groups excluding tert-OH is 1. The number of piperidine rings is 1. The van der Waals surface area contributed by atoms with Gasteiger partial charge in [0.25, 0.3) is 0 Å². The van der Waals surface area contributed by atoms with Gasteiger partial charge in [-0.1, -0.05) is 11.6 Å². The summed E-state index contributed by atoms with van der Waals surface area (Å²) in [6.45, 7) is 3.62. The molecule has 116 valence electrons. The van der Waals surface area contributed by atoms with Crippen molar-refractivity contribution in [1.29, 1.82) is 0 Å². The van der Waals surface area contributed by atoms with Crippen LogP contribution in [0.15, 0.2) is 18.2 Å². The number of anilines is 1. The number of carbonyl (C=O) groups excluding carboxylic acids is 1. The third kappa shape index (κ3) is 4.15. The van der Waals surface area contributed by atoms with Gasteiger partial charge in [0.2, 0.25) is 5.91 Å². The summed E-state index contributed by atoms with van der Waals surface area (Å²) in [7, 11) is 0. The van der Waals surface area contributed by atoms with Gasteiger partial charge >= 0.3 is 0 Å². The summed E-state index contributed by atoms with van der Waals surface area (Å²) >= 11 is 5.91. The fourth-order valence-corrected chi connectivity index (χ4v) is 2.73. The zero-order valence-electron chi connectivity index (χ0n) is 12.0. The summed E-state index contributed by atoms with van der Waals surface area (Å²) in [5.74, 6) is -0.258. The Morgan fingerprint density at radius 3 is 2.76 bits per heavy atom. The molecule has 0 aliphatic carbocycles. The molecule has 1 fully saturated rings. The molecule has 0 saturated carbocycles. The van der Waals surface area contributed by atoms with E-state index in [0.717, 1.165) is 25.9 Å². The van der Waals surface area contributed by atoms with E-state index in [4.69, 9.17) is 16.7 Å². The third-order valence-corrected chi connectivity index (χ3v) is 4.34. The van der Waals surface area contributed by atoms with Crippen molar-refractivity contribution in [2.24, 2.45) is 5.92 Å². The van der Waals surface area contributed by atoms with Crippen LogP contribution in [0.2, 0.25) is 5.02 Å². The van der Waals surface area contributed by atoms with Gasteiger partial charge in [0.1, 0.15) is 5.82 Å². The second kappa shape index (κ2) is 7.20. The van der Waals surface area contributed by atoms with Gasteiger partial charge < -0.3 is 10.4 Å². The first-order valence-corrected chi connectivity index (χ1v) is 7.50. The number of amides is 1. The number of halogens is 2. The number of benzene rings is 1. The maximum atomic E-state index is 13.0. The Morgan fingerprint density at radius 2 is 2.19 bits per heavy atom. The Balaban J connectivity index is 1.93. The predicted molar refractivity (Wildman–Crippen MR) is 80.9 cm³/mol. The molecule has 21 heavy (non-hydrogen) atoms. The number of rotatable bonds is 4. The lowest BCUT2D eigenvalue weighted by Crippen LogP contribution is -2.46. The number of hydrogen-bond acceptors (Lipinski definition) is 3. The van der Waals surface area contributed by atoms with Crippen LogP contribution >= 0.6 is 11.6 Å². The summed E-state index contributed by atoms with van der Waals surface area (Å²) < 4.78 is 13.0. The summed E-state index contributed by atoms with van der Waals surface area (Å²) in [5.41, 5.74) is 0.417. The lowest BCUT2D eigenvalue weighted by Gasteiger charge is -2.34. The summed E-state index contributed by atoms with van der Waals surface area (Å²) in [4.78, 5) is 14.3. The van der Waals surface area contributed by atoms with E-state index in [1.54, 1.807) is 0 Å². The number of carbonyl (C=O) groups is 1. The van der Waals surface area contributed by atoms with Gasteiger partial charge in [-0.05, 0) is 57.0 Å². The van der Waals surface area contributed by atoms with E-state index < -0.39 is 5.82 Å². The first kappa shape index (κ1) is 16.2. The molecule has 1 atom stereocenters. The minimum absolute atomic E-state index is 0.161. The lowest BCUT2D eigenvalue weighted by atomic mass is 9.97. The molecule has 0 spiro atoms. The smallest absolute Gasteiger partial charge is 0.241 e. The van der Waals surface area contributed by atoms with Crippen molar-refractivity contribution >= 4 is 23.2 Å². The molecule has 2 rings (SSSR count). The average Bonchev–Trinajstić information content (AvgIpc) is 2.49. The molecule has 1 amide bonds. The summed E-state index contributed by atoms with van der Waals surface area (Å²) in [5, 5.41) is 12.1. The van der Waals surface area contributed by atoms with Gasteiger partial charge in [0.05, 0.1) is 16.8 Å². The molecule has 1 unspecified atom stereocenters. The molecule has 0 bridgehead atoms. The molecule has 4 nitrogen and oxygen atoms in total. The first-order valence-electron chi connectivity index (χ1n) is 7.12. The van der Waals surface area contributed by atoms with Crippen molar-refractivity contribution in [3.05, 3.63) is 29.0 Å². The topological polar surface area (TPSA) is 52.6 Å². The fourth-order valence-electron chi connectivity index (χ4n) is 2.52. The Morgan fingerprint density at radius 1 is 1.52 bits per heavy atom. The van der Waals surface area contributed by atoms with E-state index in [0.29, 0.717) is 11.6 Å². The highest BCUT2D eigenvalue weighted by Gasteiger charge is 2.26. The van der Waals surface area contributed by atoms with Crippen molar-refractivity contribution in [1.82, 2.24) is 4.90 Å². The molecular weight excluding hydrogens is 295 g/mol. The third-order valence-electron chi connectivity index (χ3n) is 4.02. The minimum atomic E-state index is -0.433. The molecular formula is C15H20ClFN2O2. The van der Waals surface area contributed by atoms with E-state index in [-0.39, 0.29) is 23.6 Å². The number of aliphatic hydroxyl groups is 1. The Labute approximate surface area is 128 Å². The largest absolute Gasteiger partial charge is 0.396 e. The highest BCUT2D eigenvalue weighted by molar-refractivity contribution is 6.33. The van der Waals surface area contributed by atoms with Crippen LogP contribution in [0.3, 0.4) is 0 Å². The molecule has 1 saturated heterocycles. The standard InChI is InChI=1S/C15H20ClFN2O2/c1-10(19-6-4-11(9-20)5-7-19)15(21)18-14-3-2-12(17)8-13(14)16/h2-3,8,10-11,20H,4-7,9H2,1H3,(H,18,21). The SMILES string of the molecule is CC(C(=O)Nc1ccc(F)cc1Cl)N1CCC(CO)CC1. The zero-order valence-corrected chi connectivity index (χ0v) is 12.7. The van der Waals surface area contributed by atoms with Gasteiger partial charge in [-0.25, -0.2) is 4.39 Å². The Hall–Kier alpha value is -1.17. The quantitative estimate of drug-likeness (QED) is 0.898. The van der Waals surface area contributed by atoms with Gasteiger partial charge in [0.15, 0.2) is 0 Å². The van der Waals surface area contributed by atoms with Crippen LogP contribution in [0.1, 0.15) is 19.8 Å². The molecule has 2 N–H and O–H groups in total. The van der Waals surface area contributed by atoms with Crippen molar-refractivity contribution in [3.8, 4) is 0 Å². The van der Waals surface area contributed by atoms with Crippen molar-refractivity contribution in [2.45, 2.75) is 25.8 Å². The molecule has 6 heteroatoms. The monoisotopic (exact) mass is 314 g/mol. The second-order valence-corrected chi connectivity index (χ2v) is 5.86. The van der Waals surface area contributed by atoms with Crippen LogP contribution in [0.5, 0.6) is 0 Å². The normalized spacial score (nSPS) is 18.5. The maximum Gasteiger partial charge on any atom is 0.241 e. The minimum Gasteiger partial charge on any atom is -0.396 e. The van der Waals surface area contributed by atoms with E-state index in [1.807, 2.05) is 6.92 Å². The van der Waals surface area contributed by atoms with Crippen LogP contribution in [-0.4, -0.2) is 41.7 Å². The zero-order chi connectivity index (χ0) is 15.4. The van der Waals surface area contributed by atoms with Gasteiger partial charge in [-0.3, -0.25) is 9.69 Å². The summed E-state index contributed by atoms with van der Waals surface area (Å²) in [6, 6.07) is 3.61. The highest BCUT2D eigenvalue weighted by atomic mass is 35.5. The molecule has 1 heterocycles. The van der Waals surface area contributed by atoms with Gasteiger partial charge in [-0.15, -0.1) is 0 Å². The molecule has 0 aromatic heterocycles. The van der Waals surface area contributed by atoms with E-state index in [1.165, 1.54) is 18.2 Å². The Kier molecular flexibility index (Phi) is 5.56. The number of hydrogen-bond donors (Lipinski definition) is 2. The van der Waals surface area contributed by atoms with Crippen LogP contribution in [0.4, 0.5) is 10.1 Å². The van der Waals surface area contributed by atoms with Crippen molar-refractivity contribution in [2.75, 3.05) is 25.0 Å². The highest BCUT2D eigenvalue weighted by Crippen LogP contribution is 2.24. The molecule has 1 aromatic rings. The van der Waals surface area contributed by atoms with E-state index >= 15 is 0 Å². The lowest BCUT2D eigenvalue weighted by molar-refractivity contribution is -0.121. The predicted octanol–water partition coefficient (Wildman–Crippen LogP) is 2.51. The van der Waals surface area contributed by atoms with Crippen LogP contribution in [-0.2, 0) is 4.79 Å². The second-order valence-electron chi connectivity index (χ2n) is 5.45. The van der Waals surface area contributed by atoms with Gasteiger partial charge in [-0.2, -0.15) is 0 Å². The van der Waals surface area contributed by atoms with Crippen LogP contribution < -0.4 is 5.32 Å². The van der Waals surface area contributed by atoms with Crippen LogP contribution in [0.25, 0.3) is 0 Å². The van der Waals surface area contributed by atoms with E-state index in [9.17, 15) is 9.18 Å². The van der Waals surface area contributed by atoms with Crippen molar-refractivity contribution in [3.63, 3.8) is 0 Å². The first-order chi connectivity index (χ1) is 10.0. The van der Waals surface area contributed by atoms with E-state index in [2.05, 4.69) is 10.2 Å². The maximum absolute atomic E-state index is 13.0. The summed E-state index contributed by atoms with van der Waals surface area (Å²) in [6.07, 6.45) is 1.79. The average molecular weight is 315 g/mol. The number of nitrogens with one attached hydrogen (secondary N) is 1. The molecule has 1 aromatic carbocycles. The fraction of sp³-hybridized carbons (Fsp3) is 0.533. The van der Waals surface area contributed by atoms with Crippen LogP contribution in [0, 0.1) is 11.7 Å². The Bertz CT molecular complexity index is 504. The molecule has 1 aliphatic rings. The molecule has 1 aliphatic heterocycles. The number of nitrogens with zero attached hydrogens (tertiary/aromatic N) is 1. The van der Waals surface area contributed by atoms with Crippen molar-refractivity contribution < 1.29 is 14.3 Å². The van der Waals surface area contributed by atoms with Gasteiger partial charge in [0, 0.05) is 6.61 Å².